The normalized spacial score (nSPS) is 11.0. The number of hydrogen-bond acceptors (Lipinski definition) is 5. The van der Waals surface area contributed by atoms with Gasteiger partial charge in [0, 0.05) is 11.8 Å². The third kappa shape index (κ3) is 2.59. The highest BCUT2D eigenvalue weighted by atomic mass is 16.5. The molecule has 0 atom stereocenters. The molecule has 0 amide bonds. The molecule has 0 aliphatic carbocycles. The molecule has 21 heavy (non-hydrogen) atoms. The first kappa shape index (κ1) is 13.5. The maximum atomic E-state index is 5.37. The van der Waals surface area contributed by atoms with E-state index in [0.717, 1.165) is 29.3 Å². The Morgan fingerprint density at radius 2 is 2.05 bits per heavy atom. The molecule has 0 spiro atoms. The highest BCUT2D eigenvalue weighted by Gasteiger charge is 2.15. The molecule has 0 fully saturated rings. The minimum Gasteiger partial charge on any atom is -0.480 e. The van der Waals surface area contributed by atoms with Crippen LogP contribution in [0.5, 0.6) is 5.88 Å². The van der Waals surface area contributed by atoms with Gasteiger partial charge in [0.25, 0.3) is 0 Å². The lowest BCUT2D eigenvalue weighted by Crippen LogP contribution is -1.94. The number of benzene rings is 1. The van der Waals surface area contributed by atoms with Crippen LogP contribution in [0.4, 0.5) is 0 Å². The van der Waals surface area contributed by atoms with Gasteiger partial charge in [0.2, 0.25) is 17.6 Å². The van der Waals surface area contributed by atoms with Crippen molar-refractivity contribution in [1.82, 2.24) is 15.1 Å². The highest BCUT2D eigenvalue weighted by Crippen LogP contribution is 2.30. The summed E-state index contributed by atoms with van der Waals surface area (Å²) < 4.78 is 10.6. The molecule has 0 radical (unpaired) electrons. The smallest absolute Gasteiger partial charge is 0.226 e. The van der Waals surface area contributed by atoms with Crippen LogP contribution in [-0.2, 0) is 6.42 Å². The molecule has 108 valence electrons. The van der Waals surface area contributed by atoms with Crippen LogP contribution in [0.3, 0.4) is 0 Å². The highest BCUT2D eigenvalue weighted by molar-refractivity contribution is 5.85. The zero-order valence-electron chi connectivity index (χ0n) is 12.4. The summed E-state index contributed by atoms with van der Waals surface area (Å²) in [7, 11) is 1.60. The van der Waals surface area contributed by atoms with Crippen LogP contribution < -0.4 is 4.74 Å². The molecule has 3 aromatic rings. The summed E-state index contributed by atoms with van der Waals surface area (Å²) in [4.78, 5) is 8.93. The second-order valence-corrected chi connectivity index (χ2v) is 5.00. The number of ether oxygens (including phenoxy) is 1. The van der Waals surface area contributed by atoms with E-state index < -0.39 is 0 Å². The van der Waals surface area contributed by atoms with Gasteiger partial charge in [-0.3, -0.25) is 0 Å². The van der Waals surface area contributed by atoms with Crippen molar-refractivity contribution in [2.24, 2.45) is 0 Å². The van der Waals surface area contributed by atoms with Crippen molar-refractivity contribution in [1.29, 1.82) is 0 Å². The van der Waals surface area contributed by atoms with Gasteiger partial charge in [0.1, 0.15) is 0 Å². The first-order chi connectivity index (χ1) is 10.2. The van der Waals surface area contributed by atoms with Crippen molar-refractivity contribution in [3.63, 3.8) is 0 Å². The summed E-state index contributed by atoms with van der Waals surface area (Å²) in [5.74, 6) is 1.67. The van der Waals surface area contributed by atoms with Crippen molar-refractivity contribution in [2.75, 3.05) is 7.11 Å². The average molecular weight is 283 g/mol. The van der Waals surface area contributed by atoms with E-state index in [1.54, 1.807) is 7.11 Å². The molecule has 0 aliphatic heterocycles. The monoisotopic (exact) mass is 283 g/mol. The van der Waals surface area contributed by atoms with Crippen LogP contribution in [0.1, 0.15) is 24.8 Å². The number of nitrogens with zero attached hydrogens (tertiary/aromatic N) is 3. The lowest BCUT2D eigenvalue weighted by atomic mass is 10.1. The Kier molecular flexibility index (Phi) is 3.56. The Balaban J connectivity index is 2.14. The van der Waals surface area contributed by atoms with Gasteiger partial charge in [-0.2, -0.15) is 4.98 Å². The predicted octanol–water partition coefficient (Wildman–Crippen LogP) is 3.55. The van der Waals surface area contributed by atoms with E-state index in [4.69, 9.17) is 9.26 Å². The molecule has 0 aliphatic rings. The number of rotatable bonds is 4. The van der Waals surface area contributed by atoms with E-state index >= 15 is 0 Å². The first-order valence-electron chi connectivity index (χ1n) is 6.99. The Morgan fingerprint density at radius 1 is 1.19 bits per heavy atom. The van der Waals surface area contributed by atoms with Crippen molar-refractivity contribution < 1.29 is 9.26 Å². The molecule has 0 bridgehead atoms. The lowest BCUT2D eigenvalue weighted by molar-refractivity contribution is 0.376. The fourth-order valence-corrected chi connectivity index (χ4v) is 2.27. The summed E-state index contributed by atoms with van der Waals surface area (Å²) in [6, 6.07) is 8.09. The molecule has 0 saturated heterocycles. The molecule has 0 unspecified atom stereocenters. The van der Waals surface area contributed by atoms with E-state index in [1.165, 1.54) is 5.56 Å². The number of pyridine rings is 1. The van der Waals surface area contributed by atoms with E-state index in [-0.39, 0.29) is 0 Å². The second kappa shape index (κ2) is 5.52. The summed E-state index contributed by atoms with van der Waals surface area (Å²) >= 11 is 0. The third-order valence-corrected chi connectivity index (χ3v) is 3.30. The number of methoxy groups -OCH3 is 1. The summed E-state index contributed by atoms with van der Waals surface area (Å²) in [6.07, 6.45) is 1.74. The Hall–Kier alpha value is -2.43. The van der Waals surface area contributed by atoms with Crippen molar-refractivity contribution in [3.05, 3.63) is 35.7 Å². The Morgan fingerprint density at radius 3 is 2.81 bits per heavy atom. The predicted molar refractivity (Wildman–Crippen MR) is 80.3 cm³/mol. The van der Waals surface area contributed by atoms with Crippen LogP contribution in [0, 0.1) is 6.92 Å². The SMILES string of the molecule is CCCc1nc(-c2cc3cc(C)ccc3nc2OC)no1. The quantitative estimate of drug-likeness (QED) is 0.732. The maximum Gasteiger partial charge on any atom is 0.226 e. The minimum atomic E-state index is 0.509. The average Bonchev–Trinajstić information content (AvgIpc) is 2.94. The molecule has 2 aromatic heterocycles. The molecular formula is C16H17N3O2. The van der Waals surface area contributed by atoms with Crippen LogP contribution in [0.25, 0.3) is 22.3 Å². The van der Waals surface area contributed by atoms with Gasteiger partial charge in [-0.15, -0.1) is 0 Å². The van der Waals surface area contributed by atoms with Crippen LogP contribution in [0.2, 0.25) is 0 Å². The molecule has 5 nitrogen and oxygen atoms in total. The number of hydrogen-bond donors (Lipinski definition) is 0. The van der Waals surface area contributed by atoms with Crippen LogP contribution >= 0.6 is 0 Å². The summed E-state index contributed by atoms with van der Waals surface area (Å²) in [5, 5.41) is 5.07. The van der Waals surface area contributed by atoms with Crippen LogP contribution in [0.15, 0.2) is 28.8 Å². The van der Waals surface area contributed by atoms with Gasteiger partial charge in [-0.05, 0) is 31.5 Å². The fourth-order valence-electron chi connectivity index (χ4n) is 2.27. The summed E-state index contributed by atoms with van der Waals surface area (Å²) in [6.45, 7) is 4.13. The lowest BCUT2D eigenvalue weighted by Gasteiger charge is -2.07. The van der Waals surface area contributed by atoms with Crippen molar-refractivity contribution >= 4 is 10.9 Å². The van der Waals surface area contributed by atoms with Crippen molar-refractivity contribution in [3.8, 4) is 17.3 Å². The molecule has 5 heteroatoms. The van der Waals surface area contributed by atoms with E-state index in [0.29, 0.717) is 17.6 Å². The third-order valence-electron chi connectivity index (χ3n) is 3.30. The number of aryl methyl sites for hydroxylation is 2. The first-order valence-corrected chi connectivity index (χ1v) is 6.99. The zero-order valence-corrected chi connectivity index (χ0v) is 12.4. The molecule has 0 saturated carbocycles. The largest absolute Gasteiger partial charge is 0.480 e. The molecule has 3 rings (SSSR count). The van der Waals surface area contributed by atoms with Gasteiger partial charge in [-0.1, -0.05) is 23.7 Å². The van der Waals surface area contributed by atoms with Gasteiger partial charge >= 0.3 is 0 Å². The fraction of sp³-hybridized carbons (Fsp3) is 0.312. The van der Waals surface area contributed by atoms with Gasteiger partial charge in [-0.25, -0.2) is 4.98 Å². The zero-order chi connectivity index (χ0) is 14.8. The van der Waals surface area contributed by atoms with Crippen molar-refractivity contribution in [2.45, 2.75) is 26.7 Å². The van der Waals surface area contributed by atoms with Gasteiger partial charge < -0.3 is 9.26 Å². The second-order valence-electron chi connectivity index (χ2n) is 5.00. The Bertz CT molecular complexity index is 780. The molecule has 0 N–H and O–H groups in total. The molecule has 1 aromatic carbocycles. The molecular weight excluding hydrogens is 266 g/mol. The standard InChI is InChI=1S/C16H17N3O2/c1-4-5-14-18-15(19-21-14)12-9-11-8-10(2)6-7-13(11)17-16(12)20-3/h6-9H,4-5H2,1-3H3. The topological polar surface area (TPSA) is 61.0 Å². The van der Waals surface area contributed by atoms with Gasteiger partial charge in [0.15, 0.2) is 0 Å². The Labute approximate surface area is 123 Å². The number of aromatic nitrogens is 3. The summed E-state index contributed by atoms with van der Waals surface area (Å²) in [5.41, 5.74) is 2.82. The van der Waals surface area contributed by atoms with E-state index in [1.807, 2.05) is 18.2 Å². The van der Waals surface area contributed by atoms with Gasteiger partial charge in [0.05, 0.1) is 18.2 Å². The maximum absolute atomic E-state index is 5.37. The number of fused-ring (bicyclic) bond motifs is 1. The van der Waals surface area contributed by atoms with E-state index in [9.17, 15) is 0 Å². The minimum absolute atomic E-state index is 0.509. The molecule has 2 heterocycles. The van der Waals surface area contributed by atoms with Crippen LogP contribution in [-0.4, -0.2) is 22.2 Å². The van der Waals surface area contributed by atoms with E-state index in [2.05, 4.69) is 35.0 Å².